The van der Waals surface area contributed by atoms with Gasteiger partial charge in [0.2, 0.25) is 11.8 Å². The summed E-state index contributed by atoms with van der Waals surface area (Å²) in [6, 6.07) is 6.89. The normalized spacial score (nSPS) is 12.9. The van der Waals surface area contributed by atoms with E-state index in [9.17, 15) is 9.59 Å². The number of ether oxygens (including phenoxy) is 1. The van der Waals surface area contributed by atoms with Crippen molar-refractivity contribution in [2.45, 2.75) is 38.9 Å². The van der Waals surface area contributed by atoms with Crippen molar-refractivity contribution in [3.63, 3.8) is 0 Å². The molecule has 0 aliphatic rings. The van der Waals surface area contributed by atoms with Gasteiger partial charge in [-0.3, -0.25) is 9.59 Å². The minimum Gasteiger partial charge on any atom is -0.497 e. The zero-order valence-electron chi connectivity index (χ0n) is 14.7. The Labute approximate surface area is 147 Å². The SMILES string of the molecule is COc1ccc([C@@H](CC(=O)N[C@H](C)Cn2ccnc2)NC(C)=O)cc1. The summed E-state index contributed by atoms with van der Waals surface area (Å²) >= 11 is 0. The Morgan fingerprint density at radius 3 is 2.52 bits per heavy atom. The van der Waals surface area contributed by atoms with E-state index in [1.165, 1.54) is 6.92 Å². The molecule has 1 aromatic heterocycles. The van der Waals surface area contributed by atoms with Gasteiger partial charge >= 0.3 is 0 Å². The van der Waals surface area contributed by atoms with Crippen molar-refractivity contribution in [2.75, 3.05) is 7.11 Å². The van der Waals surface area contributed by atoms with Gasteiger partial charge in [0.05, 0.1) is 25.9 Å². The standard InChI is InChI=1S/C18H24N4O3/c1-13(11-22-9-8-19-12-22)20-18(24)10-17(21-14(2)23)15-4-6-16(25-3)7-5-15/h4-9,12-13,17H,10-11H2,1-3H3,(H,20,24)(H,21,23)/t13-,17-/m1/s1. The fourth-order valence-electron chi connectivity index (χ4n) is 2.61. The van der Waals surface area contributed by atoms with Gasteiger partial charge in [0.1, 0.15) is 5.75 Å². The van der Waals surface area contributed by atoms with Crippen LogP contribution in [0.3, 0.4) is 0 Å². The lowest BCUT2D eigenvalue weighted by Crippen LogP contribution is -2.38. The second-order valence-corrected chi connectivity index (χ2v) is 5.96. The maximum atomic E-state index is 12.4. The number of methoxy groups -OCH3 is 1. The number of aromatic nitrogens is 2. The molecule has 0 unspecified atom stereocenters. The highest BCUT2D eigenvalue weighted by molar-refractivity contribution is 5.79. The summed E-state index contributed by atoms with van der Waals surface area (Å²) in [6.45, 7) is 4.01. The van der Waals surface area contributed by atoms with E-state index >= 15 is 0 Å². The topological polar surface area (TPSA) is 85.2 Å². The van der Waals surface area contributed by atoms with E-state index in [2.05, 4.69) is 15.6 Å². The van der Waals surface area contributed by atoms with E-state index in [4.69, 9.17) is 4.74 Å². The first-order valence-electron chi connectivity index (χ1n) is 8.14. The Morgan fingerprint density at radius 2 is 1.96 bits per heavy atom. The average Bonchev–Trinajstić information content (AvgIpc) is 3.06. The summed E-state index contributed by atoms with van der Waals surface area (Å²) in [5, 5.41) is 5.78. The van der Waals surface area contributed by atoms with Crippen LogP contribution >= 0.6 is 0 Å². The molecule has 0 fully saturated rings. The maximum Gasteiger partial charge on any atom is 0.222 e. The van der Waals surface area contributed by atoms with Crippen LogP contribution in [-0.2, 0) is 16.1 Å². The van der Waals surface area contributed by atoms with Crippen LogP contribution in [0, 0.1) is 0 Å². The average molecular weight is 344 g/mol. The molecule has 0 saturated carbocycles. The summed E-state index contributed by atoms with van der Waals surface area (Å²) in [5.74, 6) is 0.422. The van der Waals surface area contributed by atoms with Crippen LogP contribution in [0.4, 0.5) is 0 Å². The largest absolute Gasteiger partial charge is 0.497 e. The number of hydrogen-bond acceptors (Lipinski definition) is 4. The molecular formula is C18H24N4O3. The second-order valence-electron chi connectivity index (χ2n) is 5.96. The number of rotatable bonds is 8. The van der Waals surface area contributed by atoms with Gasteiger partial charge in [-0.05, 0) is 24.6 Å². The highest BCUT2D eigenvalue weighted by atomic mass is 16.5. The van der Waals surface area contributed by atoms with E-state index in [0.29, 0.717) is 6.54 Å². The maximum absolute atomic E-state index is 12.4. The first-order chi connectivity index (χ1) is 12.0. The van der Waals surface area contributed by atoms with Gasteiger partial charge in [-0.1, -0.05) is 12.1 Å². The van der Waals surface area contributed by atoms with Crippen LogP contribution in [0.15, 0.2) is 43.0 Å². The molecule has 7 nitrogen and oxygen atoms in total. The molecule has 2 atom stereocenters. The van der Waals surface area contributed by atoms with Crippen LogP contribution in [0.2, 0.25) is 0 Å². The van der Waals surface area contributed by atoms with Crippen LogP contribution in [0.25, 0.3) is 0 Å². The van der Waals surface area contributed by atoms with Gasteiger partial charge in [-0.15, -0.1) is 0 Å². The van der Waals surface area contributed by atoms with E-state index in [1.807, 2.05) is 42.0 Å². The summed E-state index contributed by atoms with van der Waals surface area (Å²) < 4.78 is 7.04. The number of hydrogen-bond donors (Lipinski definition) is 2. The lowest BCUT2D eigenvalue weighted by atomic mass is 10.0. The molecule has 2 rings (SSSR count). The molecule has 1 heterocycles. The highest BCUT2D eigenvalue weighted by Crippen LogP contribution is 2.20. The molecule has 0 saturated heterocycles. The minimum atomic E-state index is -0.385. The Bertz CT molecular complexity index is 683. The zero-order chi connectivity index (χ0) is 18.2. The molecule has 2 amide bonds. The van der Waals surface area contributed by atoms with Crippen LogP contribution < -0.4 is 15.4 Å². The molecule has 0 bridgehead atoms. The van der Waals surface area contributed by atoms with Crippen molar-refractivity contribution in [1.29, 1.82) is 0 Å². The molecule has 0 radical (unpaired) electrons. The van der Waals surface area contributed by atoms with E-state index in [1.54, 1.807) is 19.6 Å². The Balaban J connectivity index is 1.97. The number of amides is 2. The predicted molar refractivity (Wildman–Crippen MR) is 94.0 cm³/mol. The number of carbonyl (C=O) groups is 2. The monoisotopic (exact) mass is 344 g/mol. The lowest BCUT2D eigenvalue weighted by molar-refractivity contribution is -0.123. The van der Waals surface area contributed by atoms with Gasteiger partial charge in [-0.2, -0.15) is 0 Å². The lowest BCUT2D eigenvalue weighted by Gasteiger charge is -2.20. The van der Waals surface area contributed by atoms with E-state index in [0.717, 1.165) is 11.3 Å². The number of nitrogens with zero attached hydrogens (tertiary/aromatic N) is 2. The van der Waals surface area contributed by atoms with Crippen LogP contribution in [0.5, 0.6) is 5.75 Å². The zero-order valence-corrected chi connectivity index (χ0v) is 14.7. The predicted octanol–water partition coefficient (Wildman–Crippen LogP) is 1.66. The minimum absolute atomic E-state index is 0.0458. The molecular weight excluding hydrogens is 320 g/mol. The Kier molecular flexibility index (Phi) is 6.56. The molecule has 0 aliphatic carbocycles. The molecule has 2 N–H and O–H groups in total. The molecule has 134 valence electrons. The first kappa shape index (κ1) is 18.5. The van der Waals surface area contributed by atoms with Crippen molar-refractivity contribution in [1.82, 2.24) is 20.2 Å². The highest BCUT2D eigenvalue weighted by Gasteiger charge is 2.18. The summed E-state index contributed by atoms with van der Waals surface area (Å²) in [6.07, 6.45) is 5.42. The molecule has 0 spiro atoms. The van der Waals surface area contributed by atoms with Crippen molar-refractivity contribution < 1.29 is 14.3 Å². The molecule has 25 heavy (non-hydrogen) atoms. The van der Waals surface area contributed by atoms with Gasteiger partial charge in [0.15, 0.2) is 0 Å². The Morgan fingerprint density at radius 1 is 1.24 bits per heavy atom. The number of imidazole rings is 1. The summed E-state index contributed by atoms with van der Waals surface area (Å²) in [4.78, 5) is 27.8. The molecule has 2 aromatic rings. The molecule has 0 aliphatic heterocycles. The third-order valence-corrected chi connectivity index (χ3v) is 3.74. The van der Waals surface area contributed by atoms with Crippen molar-refractivity contribution in [3.05, 3.63) is 48.5 Å². The summed E-state index contributed by atoms with van der Waals surface area (Å²) in [7, 11) is 1.59. The van der Waals surface area contributed by atoms with E-state index < -0.39 is 0 Å². The fourth-order valence-corrected chi connectivity index (χ4v) is 2.61. The van der Waals surface area contributed by atoms with Gasteiger partial charge in [0, 0.05) is 31.9 Å². The van der Waals surface area contributed by atoms with Gasteiger partial charge < -0.3 is 19.9 Å². The quantitative estimate of drug-likeness (QED) is 0.763. The molecule has 1 aromatic carbocycles. The van der Waals surface area contributed by atoms with Crippen molar-refractivity contribution in [3.8, 4) is 5.75 Å². The smallest absolute Gasteiger partial charge is 0.222 e. The van der Waals surface area contributed by atoms with E-state index in [-0.39, 0.29) is 30.3 Å². The third kappa shape index (κ3) is 5.95. The van der Waals surface area contributed by atoms with Crippen molar-refractivity contribution >= 4 is 11.8 Å². The van der Waals surface area contributed by atoms with Crippen LogP contribution in [-0.4, -0.2) is 34.5 Å². The summed E-state index contributed by atoms with van der Waals surface area (Å²) in [5.41, 5.74) is 0.855. The number of carbonyl (C=O) groups excluding carboxylic acids is 2. The van der Waals surface area contributed by atoms with Gasteiger partial charge in [-0.25, -0.2) is 4.98 Å². The molecule has 7 heteroatoms. The Hall–Kier alpha value is -2.83. The fraction of sp³-hybridized carbons (Fsp3) is 0.389. The first-order valence-corrected chi connectivity index (χ1v) is 8.14. The van der Waals surface area contributed by atoms with Crippen LogP contribution in [0.1, 0.15) is 31.9 Å². The number of benzene rings is 1. The number of nitrogens with one attached hydrogen (secondary N) is 2. The second kappa shape index (κ2) is 8.86. The van der Waals surface area contributed by atoms with Gasteiger partial charge in [0.25, 0.3) is 0 Å². The van der Waals surface area contributed by atoms with Crippen molar-refractivity contribution in [2.24, 2.45) is 0 Å². The third-order valence-electron chi connectivity index (χ3n) is 3.74.